The number of benzene rings is 1. The highest BCUT2D eigenvalue weighted by Gasteiger charge is 2.54. The number of carboxylic acids is 1. The number of thioether (sulfide) groups is 1. The van der Waals surface area contributed by atoms with Crippen LogP contribution in [0.2, 0.25) is 0 Å². The highest BCUT2D eigenvalue weighted by atomic mass is 32.2. The van der Waals surface area contributed by atoms with Crippen LogP contribution in [0.1, 0.15) is 18.5 Å². The number of nitrogens with one attached hydrogen (secondary N) is 2. The topological polar surface area (TPSA) is 169 Å². The Labute approximate surface area is 204 Å². The van der Waals surface area contributed by atoms with Crippen molar-refractivity contribution in [2.24, 2.45) is 0 Å². The van der Waals surface area contributed by atoms with E-state index in [0.717, 1.165) is 9.80 Å². The van der Waals surface area contributed by atoms with Crippen molar-refractivity contribution in [2.45, 2.75) is 24.4 Å². The Morgan fingerprint density at radius 3 is 2.60 bits per heavy atom. The smallest absolute Gasteiger partial charge is 0.352 e. The van der Waals surface area contributed by atoms with E-state index in [1.165, 1.54) is 25.7 Å². The molecule has 12 nitrogen and oxygen atoms in total. The number of fused-ring (bicyclic) bond motifs is 1. The van der Waals surface area contributed by atoms with E-state index in [9.17, 15) is 29.1 Å². The molecule has 2 heterocycles. The van der Waals surface area contributed by atoms with E-state index in [-0.39, 0.29) is 30.2 Å². The quantitative estimate of drug-likeness (QED) is 0.256. The Balaban J connectivity index is 1.78. The van der Waals surface area contributed by atoms with Crippen LogP contribution in [0.15, 0.2) is 41.6 Å². The van der Waals surface area contributed by atoms with E-state index in [2.05, 4.69) is 10.6 Å². The Hall–Kier alpha value is -4.05. The summed E-state index contributed by atoms with van der Waals surface area (Å²) in [5.74, 6) is -3.03. The first-order valence-corrected chi connectivity index (χ1v) is 11.5. The van der Waals surface area contributed by atoms with Gasteiger partial charge in [0.2, 0.25) is 5.91 Å². The summed E-state index contributed by atoms with van der Waals surface area (Å²) in [6.45, 7) is 0.750. The lowest BCUT2D eigenvalue weighted by atomic mass is 10.0. The van der Waals surface area contributed by atoms with E-state index in [4.69, 9.17) is 10.00 Å². The van der Waals surface area contributed by atoms with E-state index in [1.807, 2.05) is 6.07 Å². The molecule has 4 amide bonds. The lowest BCUT2D eigenvalue weighted by Crippen LogP contribution is -2.71. The molecular weight excluding hydrogens is 478 g/mol. The molecule has 2 aliphatic heterocycles. The average molecular weight is 502 g/mol. The number of amides is 4. The van der Waals surface area contributed by atoms with E-state index in [1.54, 1.807) is 30.3 Å². The number of esters is 1. The van der Waals surface area contributed by atoms with Gasteiger partial charge in [0.1, 0.15) is 36.3 Å². The van der Waals surface area contributed by atoms with Crippen LogP contribution >= 0.6 is 11.8 Å². The molecule has 35 heavy (non-hydrogen) atoms. The fourth-order valence-corrected chi connectivity index (χ4v) is 4.90. The largest absolute Gasteiger partial charge is 0.477 e. The van der Waals surface area contributed by atoms with Crippen LogP contribution in [0, 0.1) is 11.3 Å². The standard InChI is InChI=1S/C22H23N5O7S/c1-12(28)34-10-14-11-35-20-16(19(30)27(20)17(14)21(31)32)24-18(29)15(13-6-4-3-5-7-13)25-22(33)26(2)9-8-23/h3-7,15-16,20H,9-11H2,1-2H3,(H,24,29)(H,25,33)(H,31,32)/t15?,16-,20?/m0/s1. The molecule has 0 aromatic heterocycles. The molecule has 3 atom stereocenters. The number of carbonyl (C=O) groups excluding carboxylic acids is 4. The van der Waals surface area contributed by atoms with Crippen molar-refractivity contribution in [3.8, 4) is 6.07 Å². The zero-order chi connectivity index (χ0) is 25.7. The molecule has 0 saturated carbocycles. The molecule has 184 valence electrons. The molecular formula is C22H23N5O7S. The maximum Gasteiger partial charge on any atom is 0.352 e. The summed E-state index contributed by atoms with van der Waals surface area (Å²) in [4.78, 5) is 63.6. The number of rotatable bonds is 8. The predicted molar refractivity (Wildman–Crippen MR) is 122 cm³/mol. The van der Waals surface area contributed by atoms with E-state index >= 15 is 0 Å². The first-order valence-electron chi connectivity index (χ1n) is 10.4. The van der Waals surface area contributed by atoms with Crippen LogP contribution in [-0.2, 0) is 23.9 Å². The first kappa shape index (κ1) is 25.6. The summed E-state index contributed by atoms with van der Waals surface area (Å²) in [5.41, 5.74) is 0.469. The Morgan fingerprint density at radius 2 is 2.00 bits per heavy atom. The second-order valence-corrected chi connectivity index (χ2v) is 8.85. The number of β-lactam (4-membered cyclic amide) rings is 1. The molecule has 1 saturated heterocycles. The number of hydrogen-bond donors (Lipinski definition) is 3. The molecule has 2 unspecified atom stereocenters. The van der Waals surface area contributed by atoms with Crippen LogP contribution < -0.4 is 10.6 Å². The minimum Gasteiger partial charge on any atom is -0.477 e. The summed E-state index contributed by atoms with van der Waals surface area (Å²) in [5, 5.41) is 23.0. The van der Waals surface area contributed by atoms with Crippen LogP contribution in [-0.4, -0.2) is 82.1 Å². The highest BCUT2D eigenvalue weighted by molar-refractivity contribution is 8.00. The molecule has 3 rings (SSSR count). The van der Waals surface area contributed by atoms with Crippen LogP contribution in [0.25, 0.3) is 0 Å². The molecule has 0 radical (unpaired) electrons. The van der Waals surface area contributed by atoms with Crippen molar-refractivity contribution in [1.29, 1.82) is 5.26 Å². The van der Waals surface area contributed by atoms with Crippen LogP contribution in [0.5, 0.6) is 0 Å². The molecule has 13 heteroatoms. The maximum atomic E-state index is 13.2. The zero-order valence-electron chi connectivity index (χ0n) is 18.9. The minimum absolute atomic E-state index is 0.188. The molecule has 1 aromatic rings. The summed E-state index contributed by atoms with van der Waals surface area (Å²) in [6.07, 6.45) is 0. The van der Waals surface area contributed by atoms with Gasteiger partial charge in [-0.05, 0) is 5.56 Å². The van der Waals surface area contributed by atoms with Gasteiger partial charge in [-0.25, -0.2) is 9.59 Å². The number of aliphatic carboxylic acids is 1. The van der Waals surface area contributed by atoms with Gasteiger partial charge in [-0.1, -0.05) is 30.3 Å². The highest BCUT2D eigenvalue weighted by Crippen LogP contribution is 2.40. The molecule has 0 aliphatic carbocycles. The Bertz CT molecular complexity index is 1120. The van der Waals surface area contributed by atoms with Gasteiger partial charge in [-0.3, -0.25) is 19.3 Å². The zero-order valence-corrected chi connectivity index (χ0v) is 19.7. The number of nitriles is 1. The number of carboxylic acid groups (broad SMARTS) is 1. The number of hydrogen-bond acceptors (Lipinski definition) is 8. The predicted octanol–water partition coefficient (Wildman–Crippen LogP) is 0.194. The molecule has 3 N–H and O–H groups in total. The van der Waals surface area contributed by atoms with E-state index in [0.29, 0.717) is 5.56 Å². The summed E-state index contributed by atoms with van der Waals surface area (Å²) < 4.78 is 4.90. The lowest BCUT2D eigenvalue weighted by Gasteiger charge is -2.49. The van der Waals surface area contributed by atoms with Crippen LogP contribution in [0.3, 0.4) is 0 Å². The lowest BCUT2D eigenvalue weighted by molar-refractivity contribution is -0.151. The van der Waals surface area contributed by atoms with Gasteiger partial charge in [-0.2, -0.15) is 5.26 Å². The maximum absolute atomic E-state index is 13.2. The third-order valence-corrected chi connectivity index (χ3v) is 6.65. The molecule has 0 spiro atoms. The monoisotopic (exact) mass is 501 g/mol. The van der Waals surface area contributed by atoms with Gasteiger partial charge in [0.25, 0.3) is 5.91 Å². The summed E-state index contributed by atoms with van der Waals surface area (Å²) in [6, 6.07) is 7.37. The third-order valence-electron chi connectivity index (χ3n) is 5.31. The third kappa shape index (κ3) is 5.55. The van der Waals surface area contributed by atoms with Gasteiger partial charge < -0.3 is 25.4 Å². The summed E-state index contributed by atoms with van der Waals surface area (Å²) >= 11 is 1.23. The number of urea groups is 1. The fourth-order valence-electron chi connectivity index (χ4n) is 3.58. The van der Waals surface area contributed by atoms with Crippen molar-refractivity contribution >= 4 is 41.5 Å². The Kier molecular flexibility index (Phi) is 7.98. The summed E-state index contributed by atoms with van der Waals surface area (Å²) in [7, 11) is 1.40. The minimum atomic E-state index is -1.34. The first-order chi connectivity index (χ1) is 16.6. The van der Waals surface area contributed by atoms with E-state index < -0.39 is 47.2 Å². The SMILES string of the molecule is CC(=O)OCC1=C(C(=O)O)N2C(=O)[C@H](NC(=O)C(NC(=O)N(C)CC#N)c3ccccc3)C2SC1. The Morgan fingerprint density at radius 1 is 1.31 bits per heavy atom. The van der Waals surface area contributed by atoms with Crippen molar-refractivity contribution in [1.82, 2.24) is 20.4 Å². The normalized spacial score (nSPS) is 19.5. The number of carbonyl (C=O) groups is 5. The van der Waals surface area contributed by atoms with Gasteiger partial charge in [-0.15, -0.1) is 11.8 Å². The van der Waals surface area contributed by atoms with Crippen molar-refractivity contribution in [3.63, 3.8) is 0 Å². The average Bonchev–Trinajstić information content (AvgIpc) is 2.83. The second-order valence-electron chi connectivity index (χ2n) is 7.74. The van der Waals surface area contributed by atoms with Gasteiger partial charge >= 0.3 is 18.0 Å². The van der Waals surface area contributed by atoms with Crippen molar-refractivity contribution in [2.75, 3.05) is 26.0 Å². The van der Waals surface area contributed by atoms with Crippen molar-refractivity contribution in [3.05, 3.63) is 47.2 Å². The van der Waals surface area contributed by atoms with Gasteiger partial charge in [0, 0.05) is 25.3 Å². The fraction of sp³-hybridized carbons (Fsp3) is 0.364. The molecule has 1 fully saturated rings. The second kappa shape index (κ2) is 10.9. The van der Waals surface area contributed by atoms with Gasteiger partial charge in [0.05, 0.1) is 6.07 Å². The van der Waals surface area contributed by atoms with Crippen molar-refractivity contribution < 1.29 is 33.8 Å². The number of nitrogens with zero attached hydrogens (tertiary/aromatic N) is 3. The molecule has 1 aromatic carbocycles. The molecule has 0 bridgehead atoms. The number of ether oxygens (including phenoxy) is 1. The molecule has 2 aliphatic rings. The van der Waals surface area contributed by atoms with Crippen LogP contribution in [0.4, 0.5) is 4.79 Å². The van der Waals surface area contributed by atoms with Gasteiger partial charge in [0.15, 0.2) is 0 Å².